The van der Waals surface area contributed by atoms with Crippen LogP contribution in [0.3, 0.4) is 0 Å². The fourth-order valence-corrected chi connectivity index (χ4v) is 4.55. The molecule has 8 nitrogen and oxygen atoms in total. The van der Waals surface area contributed by atoms with Crippen LogP contribution < -0.4 is 15.5 Å². The van der Waals surface area contributed by atoms with Gasteiger partial charge in [0.15, 0.2) is 5.82 Å². The molecule has 0 atom stereocenters. The van der Waals surface area contributed by atoms with Crippen molar-refractivity contribution in [1.82, 2.24) is 9.88 Å². The second-order valence-electron chi connectivity index (χ2n) is 10.3. The molecule has 2 N–H and O–H groups in total. The summed E-state index contributed by atoms with van der Waals surface area (Å²) in [5, 5.41) is 16.4. The predicted molar refractivity (Wildman–Crippen MR) is 139 cm³/mol. The molecule has 1 aliphatic carbocycles. The molecule has 0 bridgehead atoms. The highest BCUT2D eigenvalue weighted by molar-refractivity contribution is 5.69. The standard InChI is InChI=1S/C27H36N6O2/c1-27(2,3)35-26(34)33-17-15-32(16-18-33)23-12-10-22(11-13-23)30-25-20(19-28)9-14-24(31-25)29-21-7-5-4-6-8-21/h9-14,21H,4-8,15-18H2,1-3H3,(H2,29,30,31). The van der Waals surface area contributed by atoms with Crippen molar-refractivity contribution in [3.63, 3.8) is 0 Å². The van der Waals surface area contributed by atoms with Gasteiger partial charge in [-0.05, 0) is 70.0 Å². The molecular weight excluding hydrogens is 440 g/mol. The molecule has 0 spiro atoms. The van der Waals surface area contributed by atoms with E-state index in [1.807, 2.05) is 45.0 Å². The smallest absolute Gasteiger partial charge is 0.410 e. The van der Waals surface area contributed by atoms with Crippen molar-refractivity contribution < 1.29 is 9.53 Å². The zero-order valence-electron chi connectivity index (χ0n) is 21.0. The van der Waals surface area contributed by atoms with Crippen LogP contribution in [-0.2, 0) is 4.74 Å². The number of rotatable bonds is 5. The van der Waals surface area contributed by atoms with E-state index in [9.17, 15) is 10.1 Å². The van der Waals surface area contributed by atoms with Crippen LogP contribution >= 0.6 is 0 Å². The average molecular weight is 477 g/mol. The van der Waals surface area contributed by atoms with Crippen molar-refractivity contribution in [2.24, 2.45) is 0 Å². The van der Waals surface area contributed by atoms with E-state index < -0.39 is 5.60 Å². The summed E-state index contributed by atoms with van der Waals surface area (Å²) < 4.78 is 5.49. The summed E-state index contributed by atoms with van der Waals surface area (Å²) >= 11 is 0. The van der Waals surface area contributed by atoms with Crippen molar-refractivity contribution >= 4 is 29.1 Å². The molecule has 1 saturated heterocycles. The maximum atomic E-state index is 12.3. The minimum absolute atomic E-state index is 0.252. The Labute approximate surface area is 208 Å². The van der Waals surface area contributed by atoms with E-state index in [-0.39, 0.29) is 6.09 Å². The number of carbonyl (C=O) groups excluding carboxylic acids is 1. The van der Waals surface area contributed by atoms with Crippen LogP contribution in [0, 0.1) is 11.3 Å². The molecule has 35 heavy (non-hydrogen) atoms. The van der Waals surface area contributed by atoms with Gasteiger partial charge in [0.25, 0.3) is 0 Å². The normalized spacial score (nSPS) is 17.0. The Morgan fingerprint density at radius 2 is 1.71 bits per heavy atom. The zero-order valence-corrected chi connectivity index (χ0v) is 21.0. The van der Waals surface area contributed by atoms with E-state index in [1.54, 1.807) is 4.90 Å². The van der Waals surface area contributed by atoms with Crippen molar-refractivity contribution in [2.45, 2.75) is 64.5 Å². The third-order valence-corrected chi connectivity index (χ3v) is 6.40. The topological polar surface area (TPSA) is 93.5 Å². The van der Waals surface area contributed by atoms with Crippen molar-refractivity contribution in [1.29, 1.82) is 5.26 Å². The summed E-state index contributed by atoms with van der Waals surface area (Å²) in [5.41, 5.74) is 2.00. The van der Waals surface area contributed by atoms with Crippen LogP contribution in [-0.4, -0.2) is 53.8 Å². The quantitative estimate of drug-likeness (QED) is 0.589. The summed E-state index contributed by atoms with van der Waals surface area (Å²) in [5.74, 6) is 1.37. The second kappa shape index (κ2) is 10.9. The summed E-state index contributed by atoms with van der Waals surface area (Å²) in [6.45, 7) is 8.42. The second-order valence-corrected chi connectivity index (χ2v) is 10.3. The number of benzene rings is 1. The number of aromatic nitrogens is 1. The lowest BCUT2D eigenvalue weighted by atomic mass is 9.95. The molecule has 1 aromatic carbocycles. The number of hydrogen-bond acceptors (Lipinski definition) is 7. The van der Waals surface area contributed by atoms with E-state index in [2.05, 4.69) is 33.7 Å². The highest BCUT2D eigenvalue weighted by Gasteiger charge is 2.26. The summed E-state index contributed by atoms with van der Waals surface area (Å²) in [6.07, 6.45) is 5.89. The number of piperazine rings is 1. The highest BCUT2D eigenvalue weighted by Crippen LogP contribution is 2.26. The first-order valence-corrected chi connectivity index (χ1v) is 12.6. The van der Waals surface area contributed by atoms with Crippen molar-refractivity contribution in [2.75, 3.05) is 41.7 Å². The van der Waals surface area contributed by atoms with Gasteiger partial charge in [0, 0.05) is 43.6 Å². The zero-order chi connectivity index (χ0) is 24.8. The number of nitrogens with one attached hydrogen (secondary N) is 2. The lowest BCUT2D eigenvalue weighted by molar-refractivity contribution is 0.0240. The Balaban J connectivity index is 1.36. The van der Waals surface area contributed by atoms with Crippen molar-refractivity contribution in [3.05, 3.63) is 42.0 Å². The molecule has 0 radical (unpaired) electrons. The number of carbonyl (C=O) groups is 1. The molecule has 2 aliphatic rings. The predicted octanol–water partition coefficient (Wildman–Crippen LogP) is 5.50. The molecule has 1 amide bonds. The van der Waals surface area contributed by atoms with Gasteiger partial charge in [-0.3, -0.25) is 0 Å². The molecule has 2 fully saturated rings. The van der Waals surface area contributed by atoms with Gasteiger partial charge < -0.3 is 25.2 Å². The van der Waals surface area contributed by atoms with Crippen LogP contribution in [0.2, 0.25) is 0 Å². The molecule has 1 saturated carbocycles. The summed E-state index contributed by atoms with van der Waals surface area (Å²) in [7, 11) is 0. The molecule has 186 valence electrons. The number of pyridine rings is 1. The van der Waals surface area contributed by atoms with Gasteiger partial charge in [-0.25, -0.2) is 9.78 Å². The van der Waals surface area contributed by atoms with Gasteiger partial charge in [0.1, 0.15) is 17.5 Å². The molecular formula is C27H36N6O2. The Hall–Kier alpha value is -3.47. The van der Waals surface area contributed by atoms with Gasteiger partial charge in [0.05, 0.1) is 5.56 Å². The Morgan fingerprint density at radius 1 is 1.03 bits per heavy atom. The van der Waals surface area contributed by atoms with Crippen LogP contribution in [0.15, 0.2) is 36.4 Å². The first kappa shape index (κ1) is 24.6. The number of hydrogen-bond donors (Lipinski definition) is 2. The number of amides is 1. The minimum atomic E-state index is -0.483. The summed E-state index contributed by atoms with van der Waals surface area (Å²) in [6, 6.07) is 14.5. The van der Waals surface area contributed by atoms with Gasteiger partial charge in [0.2, 0.25) is 0 Å². The SMILES string of the molecule is CC(C)(C)OC(=O)N1CCN(c2ccc(Nc3nc(NC4CCCCC4)ccc3C#N)cc2)CC1. The monoisotopic (exact) mass is 476 g/mol. The van der Waals surface area contributed by atoms with Gasteiger partial charge in [-0.15, -0.1) is 0 Å². The van der Waals surface area contributed by atoms with Crippen LogP contribution in [0.25, 0.3) is 0 Å². The van der Waals surface area contributed by atoms with E-state index >= 15 is 0 Å². The van der Waals surface area contributed by atoms with Crippen LogP contribution in [0.4, 0.5) is 27.8 Å². The van der Waals surface area contributed by atoms with E-state index in [4.69, 9.17) is 9.72 Å². The van der Waals surface area contributed by atoms with E-state index in [1.165, 1.54) is 19.3 Å². The third kappa shape index (κ3) is 6.78. The molecule has 1 aromatic heterocycles. The molecule has 0 unspecified atom stereocenters. The molecule has 8 heteroatoms. The van der Waals surface area contributed by atoms with Crippen molar-refractivity contribution in [3.8, 4) is 6.07 Å². The highest BCUT2D eigenvalue weighted by atomic mass is 16.6. The lowest BCUT2D eigenvalue weighted by Crippen LogP contribution is -2.50. The number of nitrogens with zero attached hydrogens (tertiary/aromatic N) is 4. The van der Waals surface area contributed by atoms with E-state index in [0.717, 1.165) is 43.1 Å². The third-order valence-electron chi connectivity index (χ3n) is 6.40. The first-order chi connectivity index (χ1) is 16.8. The maximum Gasteiger partial charge on any atom is 0.410 e. The number of anilines is 4. The number of ether oxygens (including phenoxy) is 1. The van der Waals surface area contributed by atoms with E-state index in [0.29, 0.717) is 30.5 Å². The lowest BCUT2D eigenvalue weighted by Gasteiger charge is -2.36. The number of nitriles is 1. The first-order valence-electron chi connectivity index (χ1n) is 12.6. The van der Waals surface area contributed by atoms with Crippen LogP contribution in [0.1, 0.15) is 58.4 Å². The van der Waals surface area contributed by atoms with Gasteiger partial charge in [-0.2, -0.15) is 5.26 Å². The fourth-order valence-electron chi connectivity index (χ4n) is 4.55. The molecule has 2 heterocycles. The summed E-state index contributed by atoms with van der Waals surface area (Å²) in [4.78, 5) is 21.0. The van der Waals surface area contributed by atoms with Gasteiger partial charge >= 0.3 is 6.09 Å². The van der Waals surface area contributed by atoms with Gasteiger partial charge in [-0.1, -0.05) is 19.3 Å². The minimum Gasteiger partial charge on any atom is -0.444 e. The Kier molecular flexibility index (Phi) is 7.64. The molecule has 1 aliphatic heterocycles. The largest absolute Gasteiger partial charge is 0.444 e. The van der Waals surface area contributed by atoms with Crippen LogP contribution in [0.5, 0.6) is 0 Å². The molecule has 2 aromatic rings. The Bertz CT molecular complexity index is 1040. The Morgan fingerprint density at radius 3 is 2.34 bits per heavy atom. The average Bonchev–Trinajstić information content (AvgIpc) is 2.84. The molecule has 4 rings (SSSR count). The fraction of sp³-hybridized carbons (Fsp3) is 0.519. The maximum absolute atomic E-state index is 12.3.